The minimum absolute atomic E-state index is 0.224. The SMILES string of the molecule is OC1CCCC1C1CCCN1Cc1cc(F)ccc1F. The Balaban J connectivity index is 1.74. The predicted molar refractivity (Wildman–Crippen MR) is 73.1 cm³/mol. The first kappa shape index (κ1) is 14.0. The van der Waals surface area contributed by atoms with Gasteiger partial charge in [0.15, 0.2) is 0 Å². The van der Waals surface area contributed by atoms with Crippen LogP contribution in [0.15, 0.2) is 18.2 Å². The van der Waals surface area contributed by atoms with E-state index in [1.807, 2.05) is 0 Å². The lowest BCUT2D eigenvalue weighted by Gasteiger charge is -2.31. The topological polar surface area (TPSA) is 23.5 Å². The second kappa shape index (κ2) is 5.78. The van der Waals surface area contributed by atoms with Crippen LogP contribution in [0.4, 0.5) is 8.78 Å². The summed E-state index contributed by atoms with van der Waals surface area (Å²) in [4.78, 5) is 2.22. The predicted octanol–water partition coefficient (Wildman–Crippen LogP) is 3.09. The van der Waals surface area contributed by atoms with Crippen molar-refractivity contribution in [3.8, 4) is 0 Å². The van der Waals surface area contributed by atoms with Crippen molar-refractivity contribution >= 4 is 0 Å². The van der Waals surface area contributed by atoms with Gasteiger partial charge in [-0.3, -0.25) is 4.90 Å². The monoisotopic (exact) mass is 281 g/mol. The second-order valence-electron chi connectivity index (χ2n) is 6.08. The van der Waals surface area contributed by atoms with E-state index in [4.69, 9.17) is 0 Å². The smallest absolute Gasteiger partial charge is 0.127 e. The minimum Gasteiger partial charge on any atom is -0.393 e. The highest BCUT2D eigenvalue weighted by molar-refractivity contribution is 5.19. The average Bonchev–Trinajstić information content (AvgIpc) is 3.02. The van der Waals surface area contributed by atoms with Crippen molar-refractivity contribution in [3.05, 3.63) is 35.4 Å². The Morgan fingerprint density at radius 2 is 2.00 bits per heavy atom. The molecule has 1 saturated carbocycles. The average molecular weight is 281 g/mol. The Labute approximate surface area is 118 Å². The first-order chi connectivity index (χ1) is 9.65. The van der Waals surface area contributed by atoms with Crippen molar-refractivity contribution in [1.82, 2.24) is 4.90 Å². The van der Waals surface area contributed by atoms with Gasteiger partial charge in [-0.05, 0) is 50.4 Å². The Morgan fingerprint density at radius 3 is 2.75 bits per heavy atom. The summed E-state index contributed by atoms with van der Waals surface area (Å²) in [5.74, 6) is -0.434. The maximum absolute atomic E-state index is 13.8. The first-order valence-electron chi connectivity index (χ1n) is 7.51. The zero-order valence-corrected chi connectivity index (χ0v) is 11.6. The molecule has 3 unspecified atom stereocenters. The molecule has 0 radical (unpaired) electrons. The molecule has 3 atom stereocenters. The molecule has 0 aromatic heterocycles. The highest BCUT2D eigenvalue weighted by Crippen LogP contribution is 2.36. The van der Waals surface area contributed by atoms with Crippen molar-refractivity contribution in [2.75, 3.05) is 6.54 Å². The molecule has 1 aliphatic carbocycles. The van der Waals surface area contributed by atoms with Crippen LogP contribution >= 0.6 is 0 Å². The highest BCUT2D eigenvalue weighted by Gasteiger charge is 2.38. The lowest BCUT2D eigenvalue weighted by atomic mass is 9.94. The van der Waals surface area contributed by atoms with Crippen molar-refractivity contribution in [3.63, 3.8) is 0 Å². The van der Waals surface area contributed by atoms with Crippen LogP contribution in [0.1, 0.15) is 37.7 Å². The number of nitrogens with zero attached hydrogens (tertiary/aromatic N) is 1. The van der Waals surface area contributed by atoms with Crippen LogP contribution in [0.2, 0.25) is 0 Å². The lowest BCUT2D eigenvalue weighted by Crippen LogP contribution is -2.38. The molecule has 20 heavy (non-hydrogen) atoms. The third-order valence-corrected chi connectivity index (χ3v) is 4.82. The molecule has 110 valence electrons. The Kier molecular flexibility index (Phi) is 4.03. The van der Waals surface area contributed by atoms with Gasteiger partial charge < -0.3 is 5.11 Å². The van der Waals surface area contributed by atoms with Crippen LogP contribution in [-0.4, -0.2) is 28.7 Å². The molecule has 1 heterocycles. The summed E-state index contributed by atoms with van der Waals surface area (Å²) in [7, 11) is 0. The summed E-state index contributed by atoms with van der Waals surface area (Å²) in [6.45, 7) is 1.35. The summed E-state index contributed by atoms with van der Waals surface area (Å²) in [6.07, 6.45) is 4.91. The van der Waals surface area contributed by atoms with E-state index in [1.54, 1.807) is 0 Å². The number of likely N-dealkylation sites (tertiary alicyclic amines) is 1. The molecule has 1 aromatic rings. The summed E-state index contributed by atoms with van der Waals surface area (Å²) in [6, 6.07) is 3.95. The molecule has 2 aliphatic rings. The summed E-state index contributed by atoms with van der Waals surface area (Å²) in [5.41, 5.74) is 0.421. The molecular formula is C16H21F2NO. The first-order valence-corrected chi connectivity index (χ1v) is 7.51. The number of aliphatic hydroxyl groups is 1. The Bertz CT molecular complexity index is 480. The molecule has 2 fully saturated rings. The molecule has 0 amide bonds. The fourth-order valence-electron chi connectivity index (χ4n) is 3.83. The Morgan fingerprint density at radius 1 is 1.15 bits per heavy atom. The van der Waals surface area contributed by atoms with Gasteiger partial charge in [-0.2, -0.15) is 0 Å². The molecule has 1 aliphatic heterocycles. The summed E-state index contributed by atoms with van der Waals surface area (Å²) >= 11 is 0. The molecule has 1 saturated heterocycles. The third-order valence-electron chi connectivity index (χ3n) is 4.82. The van der Waals surface area contributed by atoms with E-state index in [0.29, 0.717) is 24.1 Å². The van der Waals surface area contributed by atoms with Gasteiger partial charge in [-0.15, -0.1) is 0 Å². The number of hydrogen-bond donors (Lipinski definition) is 1. The van der Waals surface area contributed by atoms with Gasteiger partial charge in [-0.1, -0.05) is 6.42 Å². The second-order valence-corrected chi connectivity index (χ2v) is 6.08. The molecule has 1 aromatic carbocycles. The molecule has 2 nitrogen and oxygen atoms in total. The summed E-state index contributed by atoms with van der Waals surface area (Å²) in [5, 5.41) is 10.1. The molecule has 0 spiro atoms. The number of halogens is 2. The van der Waals surface area contributed by atoms with Gasteiger partial charge in [-0.25, -0.2) is 8.78 Å². The van der Waals surface area contributed by atoms with E-state index in [1.165, 1.54) is 12.1 Å². The van der Waals surface area contributed by atoms with E-state index in [2.05, 4.69) is 4.90 Å². The highest BCUT2D eigenvalue weighted by atomic mass is 19.1. The third kappa shape index (κ3) is 2.72. The standard InChI is InChI=1S/C16H21F2NO/c17-12-6-7-14(18)11(9-12)10-19-8-2-4-15(19)13-3-1-5-16(13)20/h6-7,9,13,15-16,20H,1-5,8,10H2. The molecular weight excluding hydrogens is 260 g/mol. The van der Waals surface area contributed by atoms with Crippen molar-refractivity contribution < 1.29 is 13.9 Å². The molecule has 1 N–H and O–H groups in total. The van der Waals surface area contributed by atoms with E-state index in [0.717, 1.165) is 44.7 Å². The lowest BCUT2D eigenvalue weighted by molar-refractivity contribution is 0.0714. The van der Waals surface area contributed by atoms with Crippen molar-refractivity contribution in [2.45, 2.75) is 50.8 Å². The van der Waals surface area contributed by atoms with Gasteiger partial charge in [0, 0.05) is 24.1 Å². The minimum atomic E-state index is -0.391. The van der Waals surface area contributed by atoms with E-state index >= 15 is 0 Å². The normalized spacial score (nSPS) is 31.1. The van der Waals surface area contributed by atoms with Gasteiger partial charge in [0.2, 0.25) is 0 Å². The molecule has 0 bridgehead atoms. The van der Waals surface area contributed by atoms with E-state index < -0.39 is 5.82 Å². The van der Waals surface area contributed by atoms with Crippen molar-refractivity contribution in [1.29, 1.82) is 0 Å². The molecule has 3 rings (SSSR count). The number of benzene rings is 1. The van der Waals surface area contributed by atoms with Gasteiger partial charge >= 0.3 is 0 Å². The van der Waals surface area contributed by atoms with Crippen LogP contribution in [-0.2, 0) is 6.54 Å². The van der Waals surface area contributed by atoms with E-state index in [9.17, 15) is 13.9 Å². The van der Waals surface area contributed by atoms with Crippen molar-refractivity contribution in [2.24, 2.45) is 5.92 Å². The van der Waals surface area contributed by atoms with Gasteiger partial charge in [0.1, 0.15) is 11.6 Å². The van der Waals surface area contributed by atoms with Crippen LogP contribution in [0.5, 0.6) is 0 Å². The maximum Gasteiger partial charge on any atom is 0.127 e. The maximum atomic E-state index is 13.8. The largest absolute Gasteiger partial charge is 0.393 e. The van der Waals surface area contributed by atoms with Gasteiger partial charge in [0.05, 0.1) is 6.10 Å². The quantitative estimate of drug-likeness (QED) is 0.920. The van der Waals surface area contributed by atoms with Crippen LogP contribution in [0.3, 0.4) is 0 Å². The molecule has 4 heteroatoms. The zero-order chi connectivity index (χ0) is 14.1. The van der Waals surface area contributed by atoms with Crippen LogP contribution < -0.4 is 0 Å². The zero-order valence-electron chi connectivity index (χ0n) is 11.6. The fourth-order valence-corrected chi connectivity index (χ4v) is 3.83. The van der Waals surface area contributed by atoms with Gasteiger partial charge in [0.25, 0.3) is 0 Å². The number of aliphatic hydroxyl groups excluding tert-OH is 1. The summed E-state index contributed by atoms with van der Waals surface area (Å²) < 4.78 is 27.0. The number of hydrogen-bond acceptors (Lipinski definition) is 2. The van der Waals surface area contributed by atoms with E-state index in [-0.39, 0.29) is 11.9 Å². The van der Waals surface area contributed by atoms with Crippen LogP contribution in [0.25, 0.3) is 0 Å². The fraction of sp³-hybridized carbons (Fsp3) is 0.625. The van der Waals surface area contributed by atoms with Crippen LogP contribution in [0, 0.1) is 17.6 Å². The number of rotatable bonds is 3. The Hall–Kier alpha value is -1.00.